The molecule has 21 heavy (non-hydrogen) atoms. The van der Waals surface area contributed by atoms with Crippen molar-refractivity contribution < 1.29 is 0 Å². The molecule has 0 aliphatic heterocycles. The highest BCUT2D eigenvalue weighted by Gasteiger charge is 2.09. The third-order valence-electron chi connectivity index (χ3n) is 3.15. The number of thioether (sulfide) groups is 1. The van der Waals surface area contributed by atoms with Crippen LogP contribution < -0.4 is 5.56 Å². The molecule has 0 spiro atoms. The molecule has 0 fully saturated rings. The van der Waals surface area contributed by atoms with Crippen molar-refractivity contribution in [2.24, 2.45) is 0 Å². The van der Waals surface area contributed by atoms with Gasteiger partial charge in [-0.3, -0.25) is 9.78 Å². The molecule has 6 heteroatoms. The number of aromatic nitrogens is 4. The van der Waals surface area contributed by atoms with Crippen molar-refractivity contribution in [3.8, 4) is 0 Å². The fourth-order valence-electron chi connectivity index (χ4n) is 1.90. The number of nitrogens with zero attached hydrogens (tertiary/aromatic N) is 3. The van der Waals surface area contributed by atoms with Crippen molar-refractivity contribution in [1.29, 1.82) is 0 Å². The van der Waals surface area contributed by atoms with E-state index in [9.17, 15) is 4.79 Å². The van der Waals surface area contributed by atoms with E-state index in [1.54, 1.807) is 0 Å². The molecule has 0 amide bonds. The van der Waals surface area contributed by atoms with E-state index < -0.39 is 0 Å². The molecule has 0 aliphatic carbocycles. The Morgan fingerprint density at radius 2 is 1.76 bits per heavy atom. The Bertz CT molecular complexity index is 845. The van der Waals surface area contributed by atoms with E-state index in [1.165, 1.54) is 17.3 Å². The van der Waals surface area contributed by atoms with Crippen molar-refractivity contribution in [2.75, 3.05) is 0 Å². The van der Waals surface area contributed by atoms with E-state index in [1.807, 2.05) is 44.2 Å². The molecule has 5 nitrogen and oxygen atoms in total. The van der Waals surface area contributed by atoms with Crippen molar-refractivity contribution >= 4 is 22.9 Å². The quantitative estimate of drug-likeness (QED) is 0.594. The van der Waals surface area contributed by atoms with Crippen LogP contribution in [0.5, 0.6) is 0 Å². The van der Waals surface area contributed by atoms with Crippen LogP contribution in [0.1, 0.15) is 17.0 Å². The summed E-state index contributed by atoms with van der Waals surface area (Å²) in [7, 11) is 0. The zero-order chi connectivity index (χ0) is 14.8. The van der Waals surface area contributed by atoms with Gasteiger partial charge in [-0.25, -0.2) is 15.0 Å². The summed E-state index contributed by atoms with van der Waals surface area (Å²) in [6, 6.07) is 10.0. The minimum atomic E-state index is -0.244. The van der Waals surface area contributed by atoms with Gasteiger partial charge in [-0.05, 0) is 19.4 Å². The number of rotatable bonds is 3. The van der Waals surface area contributed by atoms with Gasteiger partial charge in [0.25, 0.3) is 5.56 Å². The van der Waals surface area contributed by atoms with Crippen molar-refractivity contribution in [3.63, 3.8) is 0 Å². The molecular formula is C15H14N4OS. The molecule has 2 heterocycles. The molecule has 0 bridgehead atoms. The first-order valence-corrected chi connectivity index (χ1v) is 7.54. The lowest BCUT2D eigenvalue weighted by molar-refractivity contribution is 0.936. The van der Waals surface area contributed by atoms with E-state index in [-0.39, 0.29) is 5.56 Å². The molecule has 3 rings (SSSR count). The van der Waals surface area contributed by atoms with Gasteiger partial charge in [-0.15, -0.1) is 0 Å². The Morgan fingerprint density at radius 1 is 1.05 bits per heavy atom. The summed E-state index contributed by atoms with van der Waals surface area (Å²) in [6.07, 6.45) is 0. The van der Waals surface area contributed by atoms with E-state index >= 15 is 0 Å². The molecule has 0 saturated carbocycles. The summed E-state index contributed by atoms with van der Waals surface area (Å²) >= 11 is 1.48. The number of aryl methyl sites for hydroxylation is 2. The highest BCUT2D eigenvalue weighted by atomic mass is 32.2. The zero-order valence-electron chi connectivity index (χ0n) is 11.8. The number of aromatic amines is 1. The molecule has 1 aromatic carbocycles. The van der Waals surface area contributed by atoms with E-state index in [0.29, 0.717) is 16.3 Å². The van der Waals surface area contributed by atoms with E-state index in [0.717, 1.165) is 17.1 Å². The minimum absolute atomic E-state index is 0.244. The predicted octanol–water partition coefficient (Wildman–Crippen LogP) is 2.62. The lowest BCUT2D eigenvalue weighted by atomic mass is 10.2. The largest absolute Gasteiger partial charge is 0.299 e. The van der Waals surface area contributed by atoms with Crippen LogP contribution in [-0.4, -0.2) is 19.9 Å². The van der Waals surface area contributed by atoms with Crippen LogP contribution in [0.2, 0.25) is 0 Å². The Morgan fingerprint density at radius 3 is 2.52 bits per heavy atom. The molecular weight excluding hydrogens is 284 g/mol. The zero-order valence-corrected chi connectivity index (χ0v) is 12.6. The topological polar surface area (TPSA) is 71.5 Å². The van der Waals surface area contributed by atoms with Crippen LogP contribution in [0.15, 0.2) is 40.3 Å². The second kappa shape index (κ2) is 5.65. The van der Waals surface area contributed by atoms with Crippen molar-refractivity contribution in [1.82, 2.24) is 19.9 Å². The number of fused-ring (bicyclic) bond motifs is 1. The SMILES string of the molecule is Cc1nc2nc(SCc3ccccc3)[nH]c(=O)c2nc1C. The number of hydrogen-bond donors (Lipinski definition) is 1. The van der Waals surface area contributed by atoms with Gasteiger partial charge in [-0.1, -0.05) is 42.1 Å². The van der Waals surface area contributed by atoms with Gasteiger partial charge in [-0.2, -0.15) is 0 Å². The van der Waals surface area contributed by atoms with Gasteiger partial charge in [0.1, 0.15) is 0 Å². The normalized spacial score (nSPS) is 11.0. The maximum atomic E-state index is 12.1. The molecule has 106 valence electrons. The molecule has 3 aromatic rings. The Labute approximate surface area is 125 Å². The number of nitrogens with one attached hydrogen (secondary N) is 1. The van der Waals surface area contributed by atoms with Gasteiger partial charge in [0.2, 0.25) is 0 Å². The second-order valence-corrected chi connectivity index (χ2v) is 5.68. The molecule has 0 aliphatic rings. The van der Waals surface area contributed by atoms with Gasteiger partial charge in [0, 0.05) is 5.75 Å². The molecule has 0 atom stereocenters. The lowest BCUT2D eigenvalue weighted by Crippen LogP contribution is -2.13. The molecule has 0 radical (unpaired) electrons. The van der Waals surface area contributed by atoms with Crippen LogP contribution >= 0.6 is 11.8 Å². The average molecular weight is 298 g/mol. The number of hydrogen-bond acceptors (Lipinski definition) is 5. The van der Waals surface area contributed by atoms with Crippen LogP contribution in [0.3, 0.4) is 0 Å². The summed E-state index contributed by atoms with van der Waals surface area (Å²) in [4.78, 5) is 27.8. The molecule has 0 unspecified atom stereocenters. The monoisotopic (exact) mass is 298 g/mol. The third-order valence-corrected chi connectivity index (χ3v) is 4.09. The fraction of sp³-hybridized carbons (Fsp3) is 0.200. The number of H-pyrrole nitrogens is 1. The summed E-state index contributed by atoms with van der Waals surface area (Å²) in [5.41, 5.74) is 3.17. The number of benzene rings is 1. The third kappa shape index (κ3) is 2.95. The fourth-order valence-corrected chi connectivity index (χ4v) is 2.71. The Kier molecular flexibility index (Phi) is 3.70. The van der Waals surface area contributed by atoms with Crippen LogP contribution in [0.25, 0.3) is 11.2 Å². The van der Waals surface area contributed by atoms with Gasteiger partial charge >= 0.3 is 0 Å². The summed E-state index contributed by atoms with van der Waals surface area (Å²) in [6.45, 7) is 3.70. The van der Waals surface area contributed by atoms with Gasteiger partial charge < -0.3 is 0 Å². The van der Waals surface area contributed by atoms with Gasteiger partial charge in [0.05, 0.1) is 11.4 Å². The first-order valence-electron chi connectivity index (χ1n) is 6.55. The highest BCUT2D eigenvalue weighted by Crippen LogP contribution is 2.19. The van der Waals surface area contributed by atoms with Gasteiger partial charge in [0.15, 0.2) is 16.3 Å². The lowest BCUT2D eigenvalue weighted by Gasteiger charge is -2.04. The highest BCUT2D eigenvalue weighted by molar-refractivity contribution is 7.98. The van der Waals surface area contributed by atoms with Crippen molar-refractivity contribution in [2.45, 2.75) is 24.8 Å². The van der Waals surface area contributed by atoms with Crippen LogP contribution in [-0.2, 0) is 5.75 Å². The van der Waals surface area contributed by atoms with Crippen LogP contribution in [0.4, 0.5) is 0 Å². The van der Waals surface area contributed by atoms with Crippen molar-refractivity contribution in [3.05, 3.63) is 57.6 Å². The summed E-state index contributed by atoms with van der Waals surface area (Å²) < 4.78 is 0. The Hall–Kier alpha value is -2.21. The van der Waals surface area contributed by atoms with Crippen LogP contribution in [0, 0.1) is 13.8 Å². The standard InChI is InChI=1S/C15H14N4OS/c1-9-10(2)17-13-12(16-9)14(20)19-15(18-13)21-8-11-6-4-3-5-7-11/h3-7H,8H2,1-2H3,(H,17,18,19,20). The first-order chi connectivity index (χ1) is 10.1. The summed E-state index contributed by atoms with van der Waals surface area (Å²) in [5.74, 6) is 0.744. The summed E-state index contributed by atoms with van der Waals surface area (Å²) in [5, 5.41) is 0.564. The smallest absolute Gasteiger partial charge is 0.279 e. The van der Waals surface area contributed by atoms with E-state index in [2.05, 4.69) is 19.9 Å². The molecule has 2 aromatic heterocycles. The second-order valence-electron chi connectivity index (χ2n) is 4.71. The van der Waals surface area contributed by atoms with E-state index in [4.69, 9.17) is 0 Å². The molecule has 1 N–H and O–H groups in total. The minimum Gasteiger partial charge on any atom is -0.299 e. The Balaban J connectivity index is 1.93. The maximum absolute atomic E-state index is 12.1. The predicted molar refractivity (Wildman–Crippen MR) is 83.4 cm³/mol. The molecule has 0 saturated heterocycles. The maximum Gasteiger partial charge on any atom is 0.279 e. The first kappa shape index (κ1) is 13.8. The average Bonchev–Trinajstić information content (AvgIpc) is 2.48.